The second-order valence-electron chi connectivity index (χ2n) is 5.34. The van der Waals surface area contributed by atoms with Crippen molar-refractivity contribution in [2.24, 2.45) is 10.9 Å². The highest BCUT2D eigenvalue weighted by Gasteiger charge is 2.03. The molecule has 4 heteroatoms. The van der Waals surface area contributed by atoms with Gasteiger partial charge in [0.05, 0.1) is 0 Å². The molecule has 0 saturated carbocycles. The van der Waals surface area contributed by atoms with E-state index in [1.165, 1.54) is 37.7 Å². The van der Waals surface area contributed by atoms with Gasteiger partial charge in [0.2, 0.25) is 0 Å². The van der Waals surface area contributed by atoms with Crippen molar-refractivity contribution in [1.82, 2.24) is 4.90 Å². The Kier molecular flexibility index (Phi) is 7.73. The standard InChI is InChI=1S/C16H27N3O/c1-3-4-5-6-7-11-19(2)13-14-9-8-10-15(12-14)16(17)18-20/h8-10,12,20H,3-7,11,13H2,1-2H3,(H2,17,18). The lowest BCUT2D eigenvalue weighted by atomic mass is 10.1. The molecule has 20 heavy (non-hydrogen) atoms. The van der Waals surface area contributed by atoms with E-state index in [4.69, 9.17) is 10.9 Å². The molecule has 0 radical (unpaired) electrons. The predicted molar refractivity (Wildman–Crippen MR) is 84.0 cm³/mol. The Balaban J connectivity index is 2.40. The molecule has 4 nitrogen and oxygen atoms in total. The van der Waals surface area contributed by atoms with Crippen molar-refractivity contribution in [3.05, 3.63) is 35.4 Å². The van der Waals surface area contributed by atoms with E-state index < -0.39 is 0 Å². The van der Waals surface area contributed by atoms with Gasteiger partial charge < -0.3 is 15.8 Å². The van der Waals surface area contributed by atoms with Crippen LogP contribution in [-0.2, 0) is 6.54 Å². The molecule has 0 spiro atoms. The van der Waals surface area contributed by atoms with Gasteiger partial charge in [0.1, 0.15) is 0 Å². The first-order valence-corrected chi connectivity index (χ1v) is 7.42. The Hall–Kier alpha value is -1.55. The van der Waals surface area contributed by atoms with Crippen LogP contribution in [0.3, 0.4) is 0 Å². The maximum atomic E-state index is 8.70. The highest BCUT2D eigenvalue weighted by atomic mass is 16.4. The van der Waals surface area contributed by atoms with Crippen LogP contribution in [-0.4, -0.2) is 29.5 Å². The van der Waals surface area contributed by atoms with Crippen molar-refractivity contribution in [2.75, 3.05) is 13.6 Å². The van der Waals surface area contributed by atoms with Gasteiger partial charge in [-0.05, 0) is 31.6 Å². The maximum Gasteiger partial charge on any atom is 0.170 e. The van der Waals surface area contributed by atoms with Crippen LogP contribution in [0.1, 0.15) is 50.2 Å². The van der Waals surface area contributed by atoms with Gasteiger partial charge in [-0.1, -0.05) is 56.0 Å². The zero-order valence-corrected chi connectivity index (χ0v) is 12.7. The van der Waals surface area contributed by atoms with Gasteiger partial charge in [-0.25, -0.2) is 0 Å². The van der Waals surface area contributed by atoms with E-state index in [0.717, 1.165) is 18.7 Å². The monoisotopic (exact) mass is 277 g/mol. The van der Waals surface area contributed by atoms with Crippen LogP contribution in [0.2, 0.25) is 0 Å². The van der Waals surface area contributed by atoms with E-state index in [1.807, 2.05) is 18.2 Å². The normalized spacial score (nSPS) is 12.1. The number of amidine groups is 1. The summed E-state index contributed by atoms with van der Waals surface area (Å²) in [5, 5.41) is 11.7. The van der Waals surface area contributed by atoms with Gasteiger partial charge >= 0.3 is 0 Å². The molecule has 0 aromatic heterocycles. The average Bonchev–Trinajstić information content (AvgIpc) is 2.46. The van der Waals surface area contributed by atoms with Crippen LogP contribution in [0.25, 0.3) is 0 Å². The molecule has 0 atom stereocenters. The smallest absolute Gasteiger partial charge is 0.170 e. The van der Waals surface area contributed by atoms with Crippen LogP contribution in [0.5, 0.6) is 0 Å². The number of nitrogens with zero attached hydrogens (tertiary/aromatic N) is 2. The summed E-state index contributed by atoms with van der Waals surface area (Å²) in [5.41, 5.74) is 7.56. The molecular formula is C16H27N3O. The molecule has 0 aliphatic rings. The molecule has 0 amide bonds. The third-order valence-corrected chi connectivity index (χ3v) is 3.43. The van der Waals surface area contributed by atoms with Crippen molar-refractivity contribution >= 4 is 5.84 Å². The van der Waals surface area contributed by atoms with Crippen molar-refractivity contribution in [3.8, 4) is 0 Å². The quantitative estimate of drug-likeness (QED) is 0.239. The van der Waals surface area contributed by atoms with E-state index in [9.17, 15) is 0 Å². The highest BCUT2D eigenvalue weighted by molar-refractivity contribution is 5.97. The van der Waals surface area contributed by atoms with E-state index in [0.29, 0.717) is 0 Å². The van der Waals surface area contributed by atoms with Crippen LogP contribution in [0, 0.1) is 0 Å². The van der Waals surface area contributed by atoms with Crippen molar-refractivity contribution in [2.45, 2.75) is 45.6 Å². The molecule has 0 saturated heterocycles. The molecule has 0 unspecified atom stereocenters. The third-order valence-electron chi connectivity index (χ3n) is 3.43. The second kappa shape index (κ2) is 9.37. The fraction of sp³-hybridized carbons (Fsp3) is 0.562. The maximum absolute atomic E-state index is 8.70. The van der Waals surface area contributed by atoms with Crippen molar-refractivity contribution < 1.29 is 5.21 Å². The molecule has 112 valence electrons. The summed E-state index contributed by atoms with van der Waals surface area (Å²) < 4.78 is 0. The number of hydrogen-bond acceptors (Lipinski definition) is 3. The summed E-state index contributed by atoms with van der Waals surface area (Å²) in [6.45, 7) is 4.23. The van der Waals surface area contributed by atoms with Crippen LogP contribution >= 0.6 is 0 Å². The Labute approximate surface area is 122 Å². The molecule has 0 aliphatic heterocycles. The minimum atomic E-state index is 0.161. The molecule has 1 aromatic carbocycles. The first kappa shape index (κ1) is 16.5. The molecular weight excluding hydrogens is 250 g/mol. The molecule has 0 aliphatic carbocycles. The van der Waals surface area contributed by atoms with Gasteiger partial charge in [-0.15, -0.1) is 0 Å². The number of benzene rings is 1. The van der Waals surface area contributed by atoms with Crippen LogP contribution < -0.4 is 5.73 Å². The Morgan fingerprint density at radius 3 is 2.70 bits per heavy atom. The van der Waals surface area contributed by atoms with E-state index in [-0.39, 0.29) is 5.84 Å². The lowest BCUT2D eigenvalue weighted by molar-refractivity contribution is 0.316. The van der Waals surface area contributed by atoms with E-state index in [2.05, 4.69) is 30.1 Å². The minimum Gasteiger partial charge on any atom is -0.409 e. The first-order chi connectivity index (χ1) is 9.67. The summed E-state index contributed by atoms with van der Waals surface area (Å²) in [5.74, 6) is 0.161. The summed E-state index contributed by atoms with van der Waals surface area (Å²) in [4.78, 5) is 2.32. The first-order valence-electron chi connectivity index (χ1n) is 7.42. The fourth-order valence-corrected chi connectivity index (χ4v) is 2.26. The zero-order chi connectivity index (χ0) is 14.8. The van der Waals surface area contributed by atoms with Gasteiger partial charge in [-0.2, -0.15) is 0 Å². The molecule has 0 heterocycles. The largest absolute Gasteiger partial charge is 0.409 e. The topological polar surface area (TPSA) is 61.8 Å². The highest BCUT2D eigenvalue weighted by Crippen LogP contribution is 2.09. The van der Waals surface area contributed by atoms with Gasteiger partial charge in [-0.3, -0.25) is 0 Å². The lowest BCUT2D eigenvalue weighted by Crippen LogP contribution is -2.20. The fourth-order valence-electron chi connectivity index (χ4n) is 2.26. The number of hydrogen-bond donors (Lipinski definition) is 2. The van der Waals surface area contributed by atoms with Gasteiger partial charge in [0.25, 0.3) is 0 Å². The average molecular weight is 277 g/mol. The molecule has 1 aromatic rings. The molecule has 3 N–H and O–H groups in total. The van der Waals surface area contributed by atoms with Crippen molar-refractivity contribution in [1.29, 1.82) is 0 Å². The van der Waals surface area contributed by atoms with Gasteiger partial charge in [0, 0.05) is 12.1 Å². The Morgan fingerprint density at radius 2 is 2.00 bits per heavy atom. The minimum absolute atomic E-state index is 0.161. The van der Waals surface area contributed by atoms with E-state index >= 15 is 0 Å². The Morgan fingerprint density at radius 1 is 1.25 bits per heavy atom. The van der Waals surface area contributed by atoms with Crippen LogP contribution in [0.15, 0.2) is 29.4 Å². The van der Waals surface area contributed by atoms with E-state index in [1.54, 1.807) is 0 Å². The van der Waals surface area contributed by atoms with Gasteiger partial charge in [0.15, 0.2) is 5.84 Å². The summed E-state index contributed by atoms with van der Waals surface area (Å²) in [6.07, 6.45) is 6.52. The number of unbranched alkanes of at least 4 members (excludes halogenated alkanes) is 4. The molecule has 1 rings (SSSR count). The Bertz CT molecular complexity index is 418. The summed E-state index contributed by atoms with van der Waals surface area (Å²) in [6, 6.07) is 7.84. The number of nitrogens with two attached hydrogens (primary N) is 1. The SMILES string of the molecule is CCCCCCCN(C)Cc1cccc(C(N)=NO)c1. The number of oxime groups is 1. The second-order valence-corrected chi connectivity index (χ2v) is 5.34. The molecule has 0 fully saturated rings. The zero-order valence-electron chi connectivity index (χ0n) is 12.7. The van der Waals surface area contributed by atoms with Crippen molar-refractivity contribution in [3.63, 3.8) is 0 Å². The summed E-state index contributed by atoms with van der Waals surface area (Å²) >= 11 is 0. The third kappa shape index (κ3) is 6.06. The number of rotatable bonds is 9. The summed E-state index contributed by atoms with van der Waals surface area (Å²) in [7, 11) is 2.13. The van der Waals surface area contributed by atoms with Crippen LogP contribution in [0.4, 0.5) is 0 Å². The lowest BCUT2D eigenvalue weighted by Gasteiger charge is -2.17. The molecule has 0 bridgehead atoms. The predicted octanol–water partition coefficient (Wildman–Crippen LogP) is 3.18.